The third-order valence-electron chi connectivity index (χ3n) is 16.7. The molecule has 7 rings (SSSR count). The molecular weight excluding hydrogens is 899 g/mol. The van der Waals surface area contributed by atoms with Gasteiger partial charge in [0.2, 0.25) is 5.79 Å². The zero-order valence-electron chi connectivity index (χ0n) is 41.7. The van der Waals surface area contributed by atoms with Gasteiger partial charge in [-0.2, -0.15) is 0 Å². The van der Waals surface area contributed by atoms with E-state index in [9.17, 15) is 49.5 Å². The first-order chi connectivity index (χ1) is 32.6. The number of carbonyl (C=O) groups is 5. The van der Waals surface area contributed by atoms with Gasteiger partial charge in [0.15, 0.2) is 5.78 Å². The first-order valence-corrected chi connectivity index (χ1v) is 25.6. The van der Waals surface area contributed by atoms with Crippen LogP contribution in [0.4, 0.5) is 0 Å². The van der Waals surface area contributed by atoms with Gasteiger partial charge in [0.05, 0.1) is 43.7 Å². The Morgan fingerprint density at radius 2 is 1.57 bits per heavy atom. The van der Waals surface area contributed by atoms with Gasteiger partial charge < -0.3 is 63.6 Å². The van der Waals surface area contributed by atoms with Gasteiger partial charge in [0.25, 0.3) is 11.7 Å². The number of esters is 1. The number of fused-ring (bicyclic) bond motifs is 8. The van der Waals surface area contributed by atoms with Crippen molar-refractivity contribution in [1.82, 2.24) is 4.90 Å². The highest BCUT2D eigenvalue weighted by molar-refractivity contribution is 6.39. The molecule has 0 spiro atoms. The predicted molar refractivity (Wildman–Crippen MR) is 245 cm³/mol. The molecule has 6 heterocycles. The molecule has 5 N–H and O–H groups in total. The Balaban J connectivity index is 1.13. The molecule has 0 aromatic rings. The number of methoxy groups -OCH3 is 1. The maximum atomic E-state index is 14.4. The molecule has 7 unspecified atom stereocenters. The van der Waals surface area contributed by atoms with Crippen LogP contribution in [0.1, 0.15) is 126 Å². The molecule has 1 saturated carbocycles. The van der Waals surface area contributed by atoms with Crippen LogP contribution in [0.2, 0.25) is 0 Å². The third-order valence-corrected chi connectivity index (χ3v) is 16.7. The zero-order valence-corrected chi connectivity index (χ0v) is 41.7. The van der Waals surface area contributed by atoms with Gasteiger partial charge in [-0.05, 0) is 101 Å². The van der Waals surface area contributed by atoms with E-state index >= 15 is 0 Å². The molecule has 6 aliphatic heterocycles. The minimum atomic E-state index is -2.53. The number of carbonyl (C=O) groups excluding carboxylic acids is 5. The van der Waals surface area contributed by atoms with Crippen molar-refractivity contribution in [3.05, 3.63) is 11.6 Å². The summed E-state index contributed by atoms with van der Waals surface area (Å²) >= 11 is 0. The Kier molecular flexibility index (Phi) is 17.4. The number of ketones is 3. The first kappa shape index (κ1) is 54.0. The fourth-order valence-electron chi connectivity index (χ4n) is 11.9. The summed E-state index contributed by atoms with van der Waals surface area (Å²) in [5.74, 6) is -9.11. The van der Waals surface area contributed by atoms with E-state index in [1.54, 1.807) is 41.7 Å². The smallest absolute Gasteiger partial charge is 0.329 e. The van der Waals surface area contributed by atoms with Crippen molar-refractivity contribution in [1.29, 1.82) is 0 Å². The summed E-state index contributed by atoms with van der Waals surface area (Å²) in [6.07, 6.45) is -1.97. The normalized spacial score (nSPS) is 46.5. The number of amides is 1. The van der Waals surface area contributed by atoms with Crippen LogP contribution in [0, 0.1) is 35.5 Å². The second kappa shape index (κ2) is 22.2. The molecular formula is C51H79NO17. The molecule has 1 aliphatic carbocycles. The quantitative estimate of drug-likeness (QED) is 0.106. The Bertz CT molecular complexity index is 1900. The monoisotopic (exact) mass is 978 g/mol. The summed E-state index contributed by atoms with van der Waals surface area (Å²) < 4.78 is 42.1. The number of Topliss-reactive ketones (excluding diaryl/α,β-unsaturated/α-hetero) is 3. The summed E-state index contributed by atoms with van der Waals surface area (Å²) in [4.78, 5) is 71.8. The minimum Gasteiger partial charge on any atom is -0.460 e. The van der Waals surface area contributed by atoms with Crippen LogP contribution >= 0.6 is 0 Å². The van der Waals surface area contributed by atoms with Crippen molar-refractivity contribution in [2.24, 2.45) is 35.5 Å². The van der Waals surface area contributed by atoms with Gasteiger partial charge in [-0.1, -0.05) is 40.7 Å². The number of piperidine rings is 1. The van der Waals surface area contributed by atoms with Crippen LogP contribution in [0.3, 0.4) is 0 Å². The second-order valence-electron chi connectivity index (χ2n) is 21.9. The standard InChI is InChI=1S/C51H79NO17/c1-25-19-27(3)39(56)41(58)40(57)28(4)20-29(5)42-43(66-42)44-45(67-44)47-50(7,69-47)38(55)23-32-14-12-30(6)51(62,68-32)46(59)48(60)52-16-10-9-11-33(52)49(61)65-36(24-34(25)54)26(2)21-31-13-15-35(64-18-17-53)37(22-31)63-8/h19,25-26,28-33,35-39,41-45,47,53,55-56,58,62H,9-18,20-24H2,1-8H3/b27-19+/t25-,26-,28-,29+,30-,31+,32+,33?,35-,36+,37-,38+,39-,41-,42?,43?,44?,45?,47?,50?,51-/m1/s1. The van der Waals surface area contributed by atoms with Gasteiger partial charge >= 0.3 is 5.97 Å². The van der Waals surface area contributed by atoms with Gasteiger partial charge in [-0.25, -0.2) is 4.79 Å². The maximum Gasteiger partial charge on any atom is 0.329 e. The summed E-state index contributed by atoms with van der Waals surface area (Å²) in [6.45, 7) is 12.2. The van der Waals surface area contributed by atoms with E-state index in [4.69, 9.17) is 33.2 Å². The first-order valence-electron chi connectivity index (χ1n) is 25.6. The highest BCUT2D eigenvalue weighted by atomic mass is 16.7. The summed E-state index contributed by atoms with van der Waals surface area (Å²) in [6, 6.07) is -1.19. The molecule has 1 amide bonds. The van der Waals surface area contributed by atoms with Gasteiger partial charge in [-0.15, -0.1) is 0 Å². The summed E-state index contributed by atoms with van der Waals surface area (Å²) in [5, 5.41) is 55.2. The van der Waals surface area contributed by atoms with Gasteiger partial charge in [0.1, 0.15) is 60.2 Å². The van der Waals surface area contributed by atoms with E-state index in [-0.39, 0.29) is 105 Å². The SMILES string of the molecule is CO[C@@H]1C[C@H](C[C@@H](C)[C@@H]2CC(=O)[C@H](C)/C=C(\C)[C@@H](O)[C@@H](O)C(=O)[C@H](C)C[C@H](C)C3OC3C3OC3C3OC3(C)[C@@H](O)C[C@@H]3CC[C@@H](C)[C@@](O)(O3)C(=O)C(=O)N3CCCCC3C(=O)O2)CC[C@H]1OCCO. The Labute approximate surface area is 406 Å². The molecule has 0 radical (unpaired) electrons. The van der Waals surface area contributed by atoms with Crippen molar-refractivity contribution in [3.8, 4) is 0 Å². The number of nitrogens with zero attached hydrogens (tertiary/aromatic N) is 1. The molecule has 18 nitrogen and oxygen atoms in total. The van der Waals surface area contributed by atoms with Gasteiger partial charge in [0, 0.05) is 44.2 Å². The van der Waals surface area contributed by atoms with E-state index in [2.05, 4.69) is 0 Å². The molecule has 69 heavy (non-hydrogen) atoms. The highest BCUT2D eigenvalue weighted by Crippen LogP contribution is 2.54. The fraction of sp³-hybridized carbons (Fsp3) is 0.863. The molecule has 0 aromatic heterocycles. The molecule has 21 atom stereocenters. The van der Waals surface area contributed by atoms with Crippen LogP contribution in [-0.4, -0.2) is 177 Å². The van der Waals surface area contributed by atoms with Crippen LogP contribution < -0.4 is 0 Å². The lowest BCUT2D eigenvalue weighted by Crippen LogP contribution is -2.61. The van der Waals surface area contributed by atoms with E-state index in [1.807, 2.05) is 13.8 Å². The summed E-state index contributed by atoms with van der Waals surface area (Å²) in [7, 11) is 1.61. The molecule has 2 bridgehead atoms. The topological polar surface area (TPSA) is 264 Å². The molecule has 390 valence electrons. The number of aliphatic hydroxyl groups excluding tert-OH is 4. The lowest BCUT2D eigenvalue weighted by Gasteiger charge is -2.42. The molecule has 6 fully saturated rings. The molecule has 0 aromatic carbocycles. The third kappa shape index (κ3) is 11.9. The Morgan fingerprint density at radius 3 is 2.28 bits per heavy atom. The number of hydrogen-bond donors (Lipinski definition) is 5. The zero-order chi connectivity index (χ0) is 50.3. The van der Waals surface area contributed by atoms with E-state index in [1.165, 1.54) is 6.08 Å². The molecule has 18 heteroatoms. The number of hydrogen-bond acceptors (Lipinski definition) is 17. The maximum absolute atomic E-state index is 14.4. The van der Waals surface area contributed by atoms with Crippen molar-refractivity contribution in [3.63, 3.8) is 0 Å². The van der Waals surface area contributed by atoms with Crippen LogP contribution in [0.15, 0.2) is 11.6 Å². The molecule has 5 saturated heterocycles. The molecule has 7 aliphatic rings. The van der Waals surface area contributed by atoms with Crippen LogP contribution in [0.25, 0.3) is 0 Å². The summed E-state index contributed by atoms with van der Waals surface area (Å²) in [5.41, 5.74) is -0.785. The highest BCUT2D eigenvalue weighted by Gasteiger charge is 2.72. The van der Waals surface area contributed by atoms with E-state index in [0.29, 0.717) is 51.4 Å². The predicted octanol–water partition coefficient (Wildman–Crippen LogP) is 2.52. The van der Waals surface area contributed by atoms with E-state index in [0.717, 1.165) is 11.3 Å². The number of ether oxygens (including phenoxy) is 7. The Morgan fingerprint density at radius 1 is 0.855 bits per heavy atom. The number of allylic oxidation sites excluding steroid dienone is 1. The van der Waals surface area contributed by atoms with Crippen LogP contribution in [-0.2, 0) is 57.1 Å². The lowest BCUT2D eigenvalue weighted by molar-refractivity contribution is -0.266. The van der Waals surface area contributed by atoms with Crippen molar-refractivity contribution < 1.29 is 82.7 Å². The number of rotatable bonds is 7. The number of epoxide rings is 3. The largest absolute Gasteiger partial charge is 0.460 e. The number of aliphatic hydroxyl groups is 5. The van der Waals surface area contributed by atoms with Gasteiger partial charge in [-0.3, -0.25) is 19.2 Å². The minimum absolute atomic E-state index is 0.00259. The second-order valence-corrected chi connectivity index (χ2v) is 21.9. The fourth-order valence-corrected chi connectivity index (χ4v) is 11.9. The van der Waals surface area contributed by atoms with Crippen molar-refractivity contribution >= 4 is 29.2 Å². The number of cyclic esters (lactones) is 1. The van der Waals surface area contributed by atoms with E-state index < -0.39 is 95.3 Å². The Hall–Kier alpha value is -2.75. The average Bonchev–Trinajstić information content (AvgIpc) is 4.25. The van der Waals surface area contributed by atoms with Crippen molar-refractivity contribution in [2.45, 2.75) is 216 Å². The van der Waals surface area contributed by atoms with Crippen LogP contribution in [0.5, 0.6) is 0 Å². The van der Waals surface area contributed by atoms with Crippen molar-refractivity contribution in [2.75, 3.05) is 26.9 Å². The lowest BCUT2D eigenvalue weighted by atomic mass is 9.78. The average molecular weight is 978 g/mol.